The zero-order valence-corrected chi connectivity index (χ0v) is 32.9. The first-order chi connectivity index (χ1) is 28.3. The van der Waals surface area contributed by atoms with Crippen LogP contribution in [-0.2, 0) is 10.8 Å². The van der Waals surface area contributed by atoms with Gasteiger partial charge < -0.3 is 0 Å². The maximum atomic E-state index is 5.21. The number of rotatable bonds is 3. The second-order valence-electron chi connectivity index (χ2n) is 17.2. The Morgan fingerprint density at radius 3 is 1.26 bits per heavy atom. The molecule has 274 valence electrons. The number of nitrogens with zero attached hydrogens (tertiary/aromatic N) is 3. The van der Waals surface area contributed by atoms with Crippen molar-refractivity contribution >= 4 is 43.1 Å². The molecule has 1 heterocycles. The molecule has 2 aliphatic rings. The molecule has 0 unspecified atom stereocenters. The molecule has 1 aromatic heterocycles. The maximum absolute atomic E-state index is 5.21. The van der Waals surface area contributed by atoms with E-state index in [-0.39, 0.29) is 10.8 Å². The standard InChI is InChI=1S/C55H39N3/c1-54(2)46-28-41-37-24-14-12-22-35(37)34-21-11-13-23-36(34)40(41)27-42(46)43-29-48-45(31-47(43)54)50-39-26-16-15-25-38(39)44(30-49(50)55(48,3)4)53-57-51(32-17-7-5-8-18-32)56-52(58-53)33-19-9-6-10-20-33/h5-31H,1-4H3. The SMILES string of the molecule is CC1(C)c2cc3c(cc2-c2cc4c5ccccc5c5ccccc5c4cc21)C(C)(C)c1cc(-c2nc(-c4ccccc4)nc(-c4ccccc4)n2)c2ccccc2c1-3. The smallest absolute Gasteiger partial charge is 0.164 e. The van der Waals surface area contributed by atoms with E-state index in [4.69, 9.17) is 15.0 Å². The highest BCUT2D eigenvalue weighted by Gasteiger charge is 2.43. The molecule has 2 aliphatic carbocycles. The molecular weight excluding hydrogens is 703 g/mol. The monoisotopic (exact) mass is 741 g/mol. The fourth-order valence-electron chi connectivity index (χ4n) is 10.3. The Morgan fingerprint density at radius 1 is 0.293 bits per heavy atom. The van der Waals surface area contributed by atoms with E-state index in [0.29, 0.717) is 17.5 Å². The Morgan fingerprint density at radius 2 is 0.672 bits per heavy atom. The Balaban J connectivity index is 1.09. The Bertz CT molecular complexity index is 3320. The second kappa shape index (κ2) is 11.8. The number of fused-ring (bicyclic) bond motifs is 14. The molecule has 58 heavy (non-hydrogen) atoms. The summed E-state index contributed by atoms with van der Waals surface area (Å²) in [5.74, 6) is 2.02. The van der Waals surface area contributed by atoms with Crippen LogP contribution in [0, 0.1) is 0 Å². The van der Waals surface area contributed by atoms with E-state index in [1.54, 1.807) is 0 Å². The minimum atomic E-state index is -0.275. The third-order valence-electron chi connectivity index (χ3n) is 13.3. The summed E-state index contributed by atoms with van der Waals surface area (Å²) in [6.07, 6.45) is 0. The van der Waals surface area contributed by atoms with Crippen molar-refractivity contribution < 1.29 is 0 Å². The highest BCUT2D eigenvalue weighted by molar-refractivity contribution is 6.26. The van der Waals surface area contributed by atoms with Gasteiger partial charge in [-0.25, -0.2) is 15.0 Å². The number of hydrogen-bond acceptors (Lipinski definition) is 3. The molecule has 0 amide bonds. The van der Waals surface area contributed by atoms with Crippen molar-refractivity contribution in [3.05, 3.63) is 186 Å². The number of hydrogen-bond donors (Lipinski definition) is 0. The second-order valence-corrected chi connectivity index (χ2v) is 17.2. The van der Waals surface area contributed by atoms with Crippen LogP contribution in [0.25, 0.3) is 99.5 Å². The molecule has 0 saturated heterocycles. The summed E-state index contributed by atoms with van der Waals surface area (Å²) >= 11 is 0. The average Bonchev–Trinajstić information content (AvgIpc) is 3.63. The number of benzene rings is 9. The Kier molecular flexibility index (Phi) is 6.74. The molecule has 12 rings (SSSR count). The molecule has 0 N–H and O–H groups in total. The van der Waals surface area contributed by atoms with Crippen LogP contribution in [-0.4, -0.2) is 15.0 Å². The van der Waals surface area contributed by atoms with Crippen molar-refractivity contribution in [1.29, 1.82) is 0 Å². The van der Waals surface area contributed by atoms with Gasteiger partial charge in [0, 0.05) is 27.5 Å². The van der Waals surface area contributed by atoms with Crippen LogP contribution in [0.4, 0.5) is 0 Å². The van der Waals surface area contributed by atoms with Gasteiger partial charge in [-0.1, -0.05) is 161 Å². The quantitative estimate of drug-likeness (QED) is 0.169. The first kappa shape index (κ1) is 33.2. The molecule has 3 nitrogen and oxygen atoms in total. The van der Waals surface area contributed by atoms with Crippen molar-refractivity contribution in [1.82, 2.24) is 15.0 Å². The van der Waals surface area contributed by atoms with Gasteiger partial charge in [-0.05, 0) is 118 Å². The van der Waals surface area contributed by atoms with Crippen LogP contribution in [0.5, 0.6) is 0 Å². The van der Waals surface area contributed by atoms with Crippen LogP contribution in [0.3, 0.4) is 0 Å². The minimum Gasteiger partial charge on any atom is -0.208 e. The molecule has 3 heteroatoms. The van der Waals surface area contributed by atoms with E-state index >= 15 is 0 Å². The average molecular weight is 742 g/mol. The normalized spacial score (nSPS) is 14.5. The van der Waals surface area contributed by atoms with E-state index in [2.05, 4.69) is 155 Å². The van der Waals surface area contributed by atoms with Crippen LogP contribution >= 0.6 is 0 Å². The first-order valence-electron chi connectivity index (χ1n) is 20.3. The van der Waals surface area contributed by atoms with E-state index in [1.807, 2.05) is 36.4 Å². The zero-order chi connectivity index (χ0) is 38.9. The largest absolute Gasteiger partial charge is 0.208 e. The lowest BCUT2D eigenvalue weighted by molar-refractivity contribution is 0.652. The molecule has 0 bridgehead atoms. The molecule has 0 spiro atoms. The summed E-state index contributed by atoms with van der Waals surface area (Å²) in [7, 11) is 0. The third kappa shape index (κ3) is 4.53. The molecule has 0 saturated carbocycles. The first-order valence-corrected chi connectivity index (χ1v) is 20.3. The summed E-state index contributed by atoms with van der Waals surface area (Å²) in [6, 6.07) is 59.6. The molecule has 0 aliphatic heterocycles. The fourth-order valence-corrected chi connectivity index (χ4v) is 10.3. The third-order valence-corrected chi connectivity index (χ3v) is 13.3. The molecule has 9 aromatic carbocycles. The van der Waals surface area contributed by atoms with Gasteiger partial charge in [-0.15, -0.1) is 0 Å². The maximum Gasteiger partial charge on any atom is 0.164 e. The van der Waals surface area contributed by atoms with Crippen LogP contribution in [0.1, 0.15) is 49.9 Å². The topological polar surface area (TPSA) is 38.7 Å². The van der Waals surface area contributed by atoms with E-state index in [9.17, 15) is 0 Å². The Hall–Kier alpha value is -6.97. The van der Waals surface area contributed by atoms with Crippen LogP contribution in [0.2, 0.25) is 0 Å². The predicted octanol–water partition coefficient (Wildman–Crippen LogP) is 14.1. The van der Waals surface area contributed by atoms with Gasteiger partial charge in [-0.3, -0.25) is 0 Å². The number of aromatic nitrogens is 3. The van der Waals surface area contributed by atoms with Crippen LogP contribution < -0.4 is 0 Å². The van der Waals surface area contributed by atoms with Gasteiger partial charge in [-0.2, -0.15) is 0 Å². The van der Waals surface area contributed by atoms with Crippen molar-refractivity contribution in [2.45, 2.75) is 38.5 Å². The summed E-state index contributed by atoms with van der Waals surface area (Å²) in [4.78, 5) is 15.4. The minimum absolute atomic E-state index is 0.185. The summed E-state index contributed by atoms with van der Waals surface area (Å²) in [5.41, 5.74) is 13.3. The van der Waals surface area contributed by atoms with Gasteiger partial charge in [0.1, 0.15) is 0 Å². The molecule has 0 atom stereocenters. The van der Waals surface area contributed by atoms with Crippen LogP contribution in [0.15, 0.2) is 164 Å². The van der Waals surface area contributed by atoms with Gasteiger partial charge in [0.2, 0.25) is 0 Å². The van der Waals surface area contributed by atoms with Gasteiger partial charge >= 0.3 is 0 Å². The molecule has 0 radical (unpaired) electrons. The lowest BCUT2D eigenvalue weighted by Gasteiger charge is -2.24. The summed E-state index contributed by atoms with van der Waals surface area (Å²) in [6.45, 7) is 9.61. The predicted molar refractivity (Wildman–Crippen MR) is 241 cm³/mol. The lowest BCUT2D eigenvalue weighted by atomic mass is 9.79. The molecule has 0 fully saturated rings. The van der Waals surface area contributed by atoms with Crippen molar-refractivity contribution in [2.24, 2.45) is 0 Å². The highest BCUT2D eigenvalue weighted by Crippen LogP contribution is 2.59. The van der Waals surface area contributed by atoms with E-state index < -0.39 is 0 Å². The lowest BCUT2D eigenvalue weighted by Crippen LogP contribution is -2.17. The summed E-state index contributed by atoms with van der Waals surface area (Å²) < 4.78 is 0. The van der Waals surface area contributed by atoms with Crippen molar-refractivity contribution in [3.8, 4) is 56.4 Å². The molecular formula is C55H39N3. The zero-order valence-electron chi connectivity index (χ0n) is 32.9. The highest BCUT2D eigenvalue weighted by atomic mass is 15.0. The Labute approximate surface area is 337 Å². The van der Waals surface area contributed by atoms with Gasteiger partial charge in [0.25, 0.3) is 0 Å². The van der Waals surface area contributed by atoms with E-state index in [0.717, 1.165) is 22.1 Å². The van der Waals surface area contributed by atoms with Crippen molar-refractivity contribution in [3.63, 3.8) is 0 Å². The fraction of sp³-hybridized carbons (Fsp3) is 0.109. The summed E-state index contributed by atoms with van der Waals surface area (Å²) in [5, 5.41) is 10.3. The van der Waals surface area contributed by atoms with E-state index in [1.165, 1.54) is 82.2 Å². The van der Waals surface area contributed by atoms with Gasteiger partial charge in [0.15, 0.2) is 17.5 Å². The van der Waals surface area contributed by atoms with Gasteiger partial charge in [0.05, 0.1) is 0 Å². The van der Waals surface area contributed by atoms with Crippen molar-refractivity contribution in [2.75, 3.05) is 0 Å². The molecule has 10 aromatic rings.